The Morgan fingerprint density at radius 3 is 2.80 bits per heavy atom. The molecule has 0 bridgehead atoms. The predicted octanol–water partition coefficient (Wildman–Crippen LogP) is 3.52. The zero-order chi connectivity index (χ0) is 21.4. The fourth-order valence-corrected chi connectivity index (χ4v) is 4.44. The van der Waals surface area contributed by atoms with Crippen molar-refractivity contribution >= 4 is 39.3 Å². The molecule has 0 fully saturated rings. The second-order valence-corrected chi connectivity index (χ2v) is 8.36. The maximum absolute atomic E-state index is 13.1. The van der Waals surface area contributed by atoms with Gasteiger partial charge in [0.1, 0.15) is 5.75 Å². The number of halogens is 1. The lowest BCUT2D eigenvalue weighted by Crippen LogP contribution is -2.60. The van der Waals surface area contributed by atoms with Crippen molar-refractivity contribution in [1.82, 2.24) is 10.1 Å². The van der Waals surface area contributed by atoms with Crippen LogP contribution in [0.5, 0.6) is 5.75 Å². The van der Waals surface area contributed by atoms with Crippen LogP contribution in [0, 0.1) is 0 Å². The lowest BCUT2D eigenvalue weighted by molar-refractivity contribution is -0.763. The summed E-state index contributed by atoms with van der Waals surface area (Å²) >= 11 is 4.85. The molecule has 0 spiro atoms. The van der Waals surface area contributed by atoms with E-state index >= 15 is 0 Å². The molecule has 1 atom stereocenters. The Balaban J connectivity index is 2.11. The van der Waals surface area contributed by atoms with Gasteiger partial charge in [0.05, 0.1) is 23.4 Å². The second kappa shape index (κ2) is 8.23. The van der Waals surface area contributed by atoms with E-state index in [1.807, 2.05) is 55.6 Å². The number of benzene rings is 2. The van der Waals surface area contributed by atoms with Crippen LogP contribution in [0.3, 0.4) is 0 Å². The lowest BCUT2D eigenvalue weighted by Gasteiger charge is -2.32. The Kier molecular flexibility index (Phi) is 5.66. The van der Waals surface area contributed by atoms with E-state index in [1.165, 1.54) is 18.7 Å². The van der Waals surface area contributed by atoms with Gasteiger partial charge < -0.3 is 4.74 Å². The van der Waals surface area contributed by atoms with Crippen molar-refractivity contribution in [3.63, 3.8) is 0 Å². The summed E-state index contributed by atoms with van der Waals surface area (Å²) in [7, 11) is 0. The number of H-pyrrole nitrogens is 1. The number of carbonyl (C=O) groups is 1. The van der Waals surface area contributed by atoms with Crippen LogP contribution in [-0.4, -0.2) is 28.9 Å². The average Bonchev–Trinajstić information content (AvgIpc) is 2.73. The molecule has 1 aliphatic rings. The third-order valence-corrected chi connectivity index (χ3v) is 5.90. The first kappa shape index (κ1) is 20.6. The maximum Gasteiger partial charge on any atom is 0.325 e. The third-order valence-electron chi connectivity index (χ3n) is 4.84. The molecule has 0 saturated heterocycles. The molecule has 1 amide bonds. The standard InChI is InChI=1S/C21H19BrN4O3S/c1-4-29-17-10-9-13(22)11-15(17)20-25(12(2)27)16-8-6-5-7-14(16)18-19(28)23-21(30-3)24-26(18)20/h5-11,20H,4H2,1-3H3/p+1/t20-/m1/s1. The molecule has 0 aliphatic carbocycles. The second-order valence-electron chi connectivity index (χ2n) is 6.65. The zero-order valence-electron chi connectivity index (χ0n) is 16.7. The van der Waals surface area contributed by atoms with E-state index in [0.717, 1.165) is 10.0 Å². The van der Waals surface area contributed by atoms with Crippen LogP contribution >= 0.6 is 27.7 Å². The van der Waals surface area contributed by atoms with Crippen molar-refractivity contribution in [2.45, 2.75) is 25.2 Å². The summed E-state index contributed by atoms with van der Waals surface area (Å²) in [6.07, 6.45) is 1.16. The van der Waals surface area contributed by atoms with Crippen LogP contribution in [0.15, 0.2) is 56.9 Å². The van der Waals surface area contributed by atoms with Crippen LogP contribution < -0.4 is 19.9 Å². The first-order chi connectivity index (χ1) is 14.5. The van der Waals surface area contributed by atoms with E-state index in [-0.39, 0.29) is 11.5 Å². The van der Waals surface area contributed by atoms with Crippen molar-refractivity contribution in [2.24, 2.45) is 0 Å². The molecular formula is C21H20BrN4O3S+. The van der Waals surface area contributed by atoms with E-state index in [1.54, 1.807) is 9.58 Å². The van der Waals surface area contributed by atoms with Gasteiger partial charge >= 0.3 is 11.3 Å². The van der Waals surface area contributed by atoms with E-state index in [9.17, 15) is 9.59 Å². The third kappa shape index (κ3) is 3.41. The molecule has 1 aromatic heterocycles. The van der Waals surface area contributed by atoms with Gasteiger partial charge in [-0.25, -0.2) is 4.90 Å². The molecule has 7 nitrogen and oxygen atoms in total. The number of hydrogen-bond donors (Lipinski definition) is 1. The van der Waals surface area contributed by atoms with Crippen LogP contribution in [0.1, 0.15) is 25.6 Å². The number of hydrogen-bond acceptors (Lipinski definition) is 5. The number of carbonyl (C=O) groups excluding carboxylic acids is 1. The predicted molar refractivity (Wildman–Crippen MR) is 119 cm³/mol. The molecule has 1 aliphatic heterocycles. The summed E-state index contributed by atoms with van der Waals surface area (Å²) in [6.45, 7) is 3.88. The number of nitrogens with one attached hydrogen (secondary N) is 1. The Bertz CT molecular complexity index is 1200. The van der Waals surface area contributed by atoms with E-state index in [4.69, 9.17) is 4.74 Å². The molecule has 2 heterocycles. The van der Waals surface area contributed by atoms with E-state index in [0.29, 0.717) is 34.5 Å². The van der Waals surface area contributed by atoms with Gasteiger partial charge in [-0.15, -0.1) is 0 Å². The van der Waals surface area contributed by atoms with Crippen LogP contribution in [-0.2, 0) is 4.79 Å². The Morgan fingerprint density at radius 1 is 1.33 bits per heavy atom. The first-order valence-corrected chi connectivity index (χ1v) is 11.4. The molecule has 2 aromatic carbocycles. The molecule has 0 saturated carbocycles. The fraction of sp³-hybridized carbons (Fsp3) is 0.238. The lowest BCUT2D eigenvalue weighted by atomic mass is 10.0. The number of para-hydroxylation sites is 1. The summed E-state index contributed by atoms with van der Waals surface area (Å²) in [5, 5.41) is 5.13. The van der Waals surface area contributed by atoms with Crippen LogP contribution in [0.4, 0.5) is 5.69 Å². The molecule has 1 N–H and O–H groups in total. The molecular weight excluding hydrogens is 468 g/mol. The van der Waals surface area contributed by atoms with Crippen molar-refractivity contribution in [2.75, 3.05) is 17.8 Å². The average molecular weight is 488 g/mol. The Morgan fingerprint density at radius 2 is 2.10 bits per heavy atom. The largest absolute Gasteiger partial charge is 0.493 e. The molecule has 0 radical (unpaired) electrons. The number of rotatable bonds is 4. The van der Waals surface area contributed by atoms with Crippen LogP contribution in [0.25, 0.3) is 11.3 Å². The summed E-state index contributed by atoms with van der Waals surface area (Å²) in [4.78, 5) is 30.4. The topological polar surface area (TPSA) is 79.2 Å². The molecule has 0 unspecified atom stereocenters. The van der Waals surface area contributed by atoms with Gasteiger partial charge in [0.15, 0.2) is 0 Å². The maximum atomic E-state index is 13.1. The fourth-order valence-electron chi connectivity index (χ4n) is 3.69. The number of amides is 1. The monoisotopic (exact) mass is 487 g/mol. The number of ether oxygens (including phenoxy) is 1. The van der Waals surface area contributed by atoms with Gasteiger partial charge in [-0.2, -0.15) is 0 Å². The number of aromatic nitrogens is 3. The summed E-state index contributed by atoms with van der Waals surface area (Å²) in [5.41, 5.74) is 2.17. The van der Waals surface area contributed by atoms with Crippen molar-refractivity contribution in [3.8, 4) is 17.0 Å². The minimum Gasteiger partial charge on any atom is -0.493 e. The molecule has 30 heavy (non-hydrogen) atoms. The number of aromatic amines is 1. The highest BCUT2D eigenvalue weighted by atomic mass is 79.9. The van der Waals surface area contributed by atoms with Gasteiger partial charge in [-0.05, 0) is 48.2 Å². The number of anilines is 1. The quantitative estimate of drug-likeness (QED) is 0.449. The highest BCUT2D eigenvalue weighted by molar-refractivity contribution is 9.10. The van der Waals surface area contributed by atoms with E-state index < -0.39 is 6.17 Å². The molecule has 154 valence electrons. The number of thioether (sulfide) groups is 1. The smallest absolute Gasteiger partial charge is 0.325 e. The highest BCUT2D eigenvalue weighted by Crippen LogP contribution is 2.40. The van der Waals surface area contributed by atoms with Crippen molar-refractivity contribution in [3.05, 3.63) is 62.9 Å². The van der Waals surface area contributed by atoms with Gasteiger partial charge in [-0.1, -0.05) is 39.8 Å². The highest BCUT2D eigenvalue weighted by Gasteiger charge is 2.46. The van der Waals surface area contributed by atoms with Gasteiger partial charge in [0, 0.05) is 16.5 Å². The summed E-state index contributed by atoms with van der Waals surface area (Å²) in [5.74, 6) is 0.461. The van der Waals surface area contributed by atoms with Crippen LogP contribution in [0.2, 0.25) is 0 Å². The number of fused-ring (bicyclic) bond motifs is 3. The Labute approximate surface area is 186 Å². The van der Waals surface area contributed by atoms with E-state index in [2.05, 4.69) is 26.0 Å². The SMILES string of the molecule is CCOc1ccc(Br)cc1[C@@H]1N(C(C)=O)c2ccccc2-c2c(=O)[nH]c(SC)n[n+]21. The molecule has 9 heteroatoms. The zero-order valence-corrected chi connectivity index (χ0v) is 19.1. The molecule has 4 rings (SSSR count). The number of nitrogens with zero attached hydrogens (tertiary/aromatic N) is 3. The minimum absolute atomic E-state index is 0.166. The van der Waals surface area contributed by atoms with Crippen molar-refractivity contribution in [1.29, 1.82) is 0 Å². The molecule has 3 aromatic rings. The van der Waals surface area contributed by atoms with Gasteiger partial charge in [0.2, 0.25) is 11.1 Å². The summed E-state index contributed by atoms with van der Waals surface area (Å²) in [6, 6.07) is 13.0. The summed E-state index contributed by atoms with van der Waals surface area (Å²) < 4.78 is 8.33. The minimum atomic E-state index is -0.681. The van der Waals surface area contributed by atoms with Gasteiger partial charge in [0.25, 0.3) is 6.17 Å². The normalized spacial score (nSPS) is 14.8. The van der Waals surface area contributed by atoms with Crippen molar-refractivity contribution < 1.29 is 14.2 Å². The Hall–Kier alpha value is -2.65. The van der Waals surface area contributed by atoms with Gasteiger partial charge in [-0.3, -0.25) is 14.6 Å². The first-order valence-electron chi connectivity index (χ1n) is 9.37.